The molecular weight excluding hydrogens is 332 g/mol. The third kappa shape index (κ3) is 2.56. The van der Waals surface area contributed by atoms with E-state index in [1.165, 1.54) is 10.1 Å². The van der Waals surface area contributed by atoms with E-state index in [4.69, 9.17) is 0 Å². The van der Waals surface area contributed by atoms with Crippen molar-refractivity contribution in [3.8, 4) is 0 Å². The highest BCUT2D eigenvalue weighted by Gasteiger charge is 2.11. The monoisotopic (exact) mass is 344 g/mol. The van der Waals surface area contributed by atoms with Gasteiger partial charge < -0.3 is 0 Å². The van der Waals surface area contributed by atoms with Gasteiger partial charge in [-0.1, -0.05) is 40.2 Å². The van der Waals surface area contributed by atoms with Gasteiger partial charge in [-0.3, -0.25) is 4.79 Å². The first-order valence-corrected chi connectivity index (χ1v) is 8.07. The molecule has 1 nitrogen and oxygen atoms in total. The number of carbonyl (C=O) groups excluding carboxylic acids is 1. The van der Waals surface area contributed by atoms with Crippen molar-refractivity contribution < 1.29 is 4.79 Å². The maximum atomic E-state index is 12.4. The number of aryl methyl sites for hydroxylation is 1. The minimum Gasteiger partial charge on any atom is -0.294 e. The molecule has 0 aliphatic heterocycles. The van der Waals surface area contributed by atoms with Crippen molar-refractivity contribution in [2.24, 2.45) is 0 Å². The number of hydrogen-bond acceptors (Lipinski definition) is 2. The van der Waals surface area contributed by atoms with Gasteiger partial charge in [-0.15, -0.1) is 11.3 Å². The molecule has 1 heterocycles. The number of halogens is 1. The second kappa shape index (κ2) is 5.51. The average molecular weight is 345 g/mol. The third-order valence-corrected chi connectivity index (χ3v) is 5.29. The molecule has 0 aliphatic carbocycles. The van der Waals surface area contributed by atoms with Crippen molar-refractivity contribution >= 4 is 43.1 Å². The lowest BCUT2D eigenvalue weighted by Gasteiger charge is -2.04. The van der Waals surface area contributed by atoms with Crippen molar-refractivity contribution in [3.05, 3.63) is 69.0 Å². The van der Waals surface area contributed by atoms with E-state index in [1.807, 2.05) is 37.3 Å². The smallest absolute Gasteiger partial charge is 0.167 e. The largest absolute Gasteiger partial charge is 0.294 e. The molecule has 0 unspecified atom stereocenters. The van der Waals surface area contributed by atoms with Crippen molar-refractivity contribution in [2.75, 3.05) is 0 Å². The molecule has 100 valence electrons. The molecule has 2 aromatic carbocycles. The molecule has 0 radical (unpaired) electrons. The Morgan fingerprint density at radius 1 is 1.20 bits per heavy atom. The maximum absolute atomic E-state index is 12.4. The standard InChI is InChI=1S/C17H13BrOS/c1-11-8-12(6-7-15(11)18)16(19)9-13-10-20-17-5-3-2-4-14(13)17/h2-8,10H,9H2,1H3. The molecule has 0 saturated carbocycles. The minimum absolute atomic E-state index is 0.171. The van der Waals surface area contributed by atoms with Gasteiger partial charge in [0.15, 0.2) is 5.78 Å². The van der Waals surface area contributed by atoms with Gasteiger partial charge in [0.25, 0.3) is 0 Å². The van der Waals surface area contributed by atoms with Gasteiger partial charge in [-0.25, -0.2) is 0 Å². The molecule has 0 spiro atoms. The summed E-state index contributed by atoms with van der Waals surface area (Å²) in [7, 11) is 0. The fourth-order valence-corrected chi connectivity index (χ4v) is 3.47. The Bertz CT molecular complexity index is 789. The lowest BCUT2D eigenvalue weighted by atomic mass is 10.0. The predicted octanol–water partition coefficient (Wildman–Crippen LogP) is 5.40. The number of ketones is 1. The summed E-state index contributed by atoms with van der Waals surface area (Å²) in [5.41, 5.74) is 2.99. The minimum atomic E-state index is 0.171. The predicted molar refractivity (Wildman–Crippen MR) is 88.7 cm³/mol. The van der Waals surface area contributed by atoms with E-state index in [9.17, 15) is 4.79 Å². The fraction of sp³-hybridized carbons (Fsp3) is 0.118. The highest BCUT2D eigenvalue weighted by atomic mass is 79.9. The van der Waals surface area contributed by atoms with Crippen LogP contribution in [0.15, 0.2) is 52.3 Å². The lowest BCUT2D eigenvalue weighted by molar-refractivity contribution is 0.0993. The summed E-state index contributed by atoms with van der Waals surface area (Å²) in [6.45, 7) is 2.00. The maximum Gasteiger partial charge on any atom is 0.167 e. The van der Waals surface area contributed by atoms with Crippen LogP contribution in [0.1, 0.15) is 21.5 Å². The Labute approximate surface area is 130 Å². The molecule has 0 N–H and O–H groups in total. The van der Waals surface area contributed by atoms with Crippen LogP contribution < -0.4 is 0 Å². The number of thiophene rings is 1. The van der Waals surface area contributed by atoms with Gasteiger partial charge in [-0.05, 0) is 47.0 Å². The Balaban J connectivity index is 1.90. The third-order valence-electron chi connectivity index (χ3n) is 3.39. The zero-order valence-corrected chi connectivity index (χ0v) is 13.4. The lowest BCUT2D eigenvalue weighted by Crippen LogP contribution is -2.03. The van der Waals surface area contributed by atoms with Crippen molar-refractivity contribution in [3.63, 3.8) is 0 Å². The van der Waals surface area contributed by atoms with Crippen LogP contribution in [-0.2, 0) is 6.42 Å². The summed E-state index contributed by atoms with van der Waals surface area (Å²) < 4.78 is 2.28. The van der Waals surface area contributed by atoms with Gasteiger partial charge in [0, 0.05) is 21.2 Å². The van der Waals surface area contributed by atoms with Crippen LogP contribution >= 0.6 is 27.3 Å². The topological polar surface area (TPSA) is 17.1 Å². The highest BCUT2D eigenvalue weighted by molar-refractivity contribution is 9.10. The Morgan fingerprint density at radius 3 is 2.80 bits per heavy atom. The summed E-state index contributed by atoms with van der Waals surface area (Å²) in [5, 5.41) is 3.29. The van der Waals surface area contributed by atoms with E-state index in [-0.39, 0.29) is 5.78 Å². The molecular formula is C17H13BrOS. The second-order valence-corrected chi connectivity index (χ2v) is 6.59. The molecule has 0 atom stereocenters. The summed E-state index contributed by atoms with van der Waals surface area (Å²) in [5.74, 6) is 0.171. The van der Waals surface area contributed by atoms with Crippen LogP contribution in [0.3, 0.4) is 0 Å². The van der Waals surface area contributed by atoms with E-state index in [2.05, 4.69) is 33.4 Å². The SMILES string of the molecule is Cc1cc(C(=O)Cc2csc3ccccc23)ccc1Br. The van der Waals surface area contributed by atoms with Crippen molar-refractivity contribution in [1.82, 2.24) is 0 Å². The molecule has 0 saturated heterocycles. The van der Waals surface area contributed by atoms with Crippen LogP contribution in [0, 0.1) is 6.92 Å². The Hall–Kier alpha value is -1.45. The van der Waals surface area contributed by atoms with E-state index >= 15 is 0 Å². The quantitative estimate of drug-likeness (QED) is 0.581. The van der Waals surface area contributed by atoms with Gasteiger partial charge in [-0.2, -0.15) is 0 Å². The van der Waals surface area contributed by atoms with E-state index < -0.39 is 0 Å². The fourth-order valence-electron chi connectivity index (χ4n) is 2.26. The number of Topliss-reactive ketones (excluding diaryl/α,β-unsaturated/α-hetero) is 1. The van der Waals surface area contributed by atoms with E-state index in [0.717, 1.165) is 21.2 Å². The number of rotatable bonds is 3. The average Bonchev–Trinajstić information content (AvgIpc) is 2.85. The molecule has 3 heteroatoms. The van der Waals surface area contributed by atoms with Crippen LogP contribution in [-0.4, -0.2) is 5.78 Å². The van der Waals surface area contributed by atoms with Crippen LogP contribution in [0.4, 0.5) is 0 Å². The van der Waals surface area contributed by atoms with Crippen LogP contribution in [0.25, 0.3) is 10.1 Å². The second-order valence-electron chi connectivity index (χ2n) is 4.82. The van der Waals surface area contributed by atoms with Gasteiger partial charge in [0.05, 0.1) is 0 Å². The van der Waals surface area contributed by atoms with Gasteiger partial charge in [0.2, 0.25) is 0 Å². The van der Waals surface area contributed by atoms with E-state index in [0.29, 0.717) is 6.42 Å². The Kier molecular flexibility index (Phi) is 3.72. The summed E-state index contributed by atoms with van der Waals surface area (Å²) in [6, 6.07) is 14.0. The van der Waals surface area contributed by atoms with E-state index in [1.54, 1.807) is 11.3 Å². The summed E-state index contributed by atoms with van der Waals surface area (Å²) >= 11 is 5.16. The van der Waals surface area contributed by atoms with Crippen LogP contribution in [0.5, 0.6) is 0 Å². The highest BCUT2D eigenvalue weighted by Crippen LogP contribution is 2.27. The summed E-state index contributed by atoms with van der Waals surface area (Å²) in [4.78, 5) is 12.4. The summed E-state index contributed by atoms with van der Waals surface area (Å²) in [6.07, 6.45) is 0.463. The molecule has 0 fully saturated rings. The van der Waals surface area contributed by atoms with Gasteiger partial charge in [0.1, 0.15) is 0 Å². The number of carbonyl (C=O) groups is 1. The van der Waals surface area contributed by atoms with Gasteiger partial charge >= 0.3 is 0 Å². The number of benzene rings is 2. The number of hydrogen-bond donors (Lipinski definition) is 0. The molecule has 0 amide bonds. The first-order chi connectivity index (χ1) is 9.65. The Morgan fingerprint density at radius 2 is 2.00 bits per heavy atom. The molecule has 0 aliphatic rings. The molecule has 1 aromatic heterocycles. The zero-order valence-electron chi connectivity index (χ0n) is 11.0. The first-order valence-electron chi connectivity index (χ1n) is 6.39. The van der Waals surface area contributed by atoms with Crippen molar-refractivity contribution in [2.45, 2.75) is 13.3 Å². The zero-order chi connectivity index (χ0) is 14.1. The van der Waals surface area contributed by atoms with Crippen LogP contribution in [0.2, 0.25) is 0 Å². The molecule has 0 bridgehead atoms. The number of fused-ring (bicyclic) bond motifs is 1. The molecule has 20 heavy (non-hydrogen) atoms. The molecule has 3 aromatic rings. The first kappa shape index (κ1) is 13.5. The normalized spacial score (nSPS) is 10.9. The molecule has 3 rings (SSSR count). The van der Waals surface area contributed by atoms with Crippen molar-refractivity contribution in [1.29, 1.82) is 0 Å².